The SMILES string of the molecule is CSC1(CN)CCN(CCC(C)(C)O)CC1. The first-order chi connectivity index (χ1) is 7.41. The summed E-state index contributed by atoms with van der Waals surface area (Å²) >= 11 is 1.92. The number of nitrogens with two attached hydrogens (primary N) is 1. The number of piperidine rings is 1. The zero-order valence-corrected chi connectivity index (χ0v) is 11.6. The molecular weight excluding hydrogens is 220 g/mol. The average Bonchev–Trinajstić information content (AvgIpc) is 2.26. The van der Waals surface area contributed by atoms with E-state index in [1.807, 2.05) is 25.6 Å². The number of thioether (sulfide) groups is 1. The van der Waals surface area contributed by atoms with Crippen LogP contribution in [0.4, 0.5) is 0 Å². The Labute approximate surface area is 104 Å². The van der Waals surface area contributed by atoms with Gasteiger partial charge in [-0.2, -0.15) is 11.8 Å². The molecule has 1 saturated heterocycles. The second kappa shape index (κ2) is 5.71. The molecule has 1 fully saturated rings. The normalized spacial score (nSPS) is 22.3. The quantitative estimate of drug-likeness (QED) is 0.768. The maximum Gasteiger partial charge on any atom is 0.0603 e. The molecule has 3 N–H and O–H groups in total. The van der Waals surface area contributed by atoms with Crippen LogP contribution in [0, 0.1) is 0 Å². The number of nitrogens with zero attached hydrogens (tertiary/aromatic N) is 1. The van der Waals surface area contributed by atoms with Crippen molar-refractivity contribution in [2.45, 2.75) is 43.5 Å². The van der Waals surface area contributed by atoms with Crippen molar-refractivity contribution in [3.05, 3.63) is 0 Å². The van der Waals surface area contributed by atoms with Gasteiger partial charge in [-0.3, -0.25) is 0 Å². The van der Waals surface area contributed by atoms with E-state index in [0.717, 1.165) is 32.6 Å². The minimum absolute atomic E-state index is 0.311. The van der Waals surface area contributed by atoms with E-state index < -0.39 is 5.60 Å². The smallest absolute Gasteiger partial charge is 0.0603 e. The fraction of sp³-hybridized carbons (Fsp3) is 1.00. The first-order valence-corrected chi connectivity index (χ1v) is 7.33. The molecule has 0 bridgehead atoms. The molecule has 0 unspecified atom stereocenters. The summed E-state index contributed by atoms with van der Waals surface area (Å²) in [4.78, 5) is 2.45. The lowest BCUT2D eigenvalue weighted by Crippen LogP contribution is -2.47. The van der Waals surface area contributed by atoms with E-state index >= 15 is 0 Å². The highest BCUT2D eigenvalue weighted by Crippen LogP contribution is 2.33. The van der Waals surface area contributed by atoms with E-state index in [0.29, 0.717) is 4.75 Å². The molecule has 0 saturated carbocycles. The van der Waals surface area contributed by atoms with E-state index in [9.17, 15) is 5.11 Å². The molecule has 1 aliphatic heterocycles. The molecule has 1 heterocycles. The Kier molecular flexibility index (Phi) is 5.10. The molecule has 16 heavy (non-hydrogen) atoms. The van der Waals surface area contributed by atoms with Crippen LogP contribution in [0.5, 0.6) is 0 Å². The van der Waals surface area contributed by atoms with Gasteiger partial charge >= 0.3 is 0 Å². The molecule has 96 valence electrons. The van der Waals surface area contributed by atoms with Crippen molar-refractivity contribution in [3.8, 4) is 0 Å². The Morgan fingerprint density at radius 3 is 2.31 bits per heavy atom. The highest BCUT2D eigenvalue weighted by Gasteiger charge is 2.32. The second-order valence-electron chi connectivity index (χ2n) is 5.50. The van der Waals surface area contributed by atoms with Crippen molar-refractivity contribution >= 4 is 11.8 Å². The fourth-order valence-electron chi connectivity index (χ4n) is 2.11. The molecule has 0 radical (unpaired) electrons. The predicted molar refractivity (Wildman–Crippen MR) is 71.9 cm³/mol. The Morgan fingerprint density at radius 1 is 1.38 bits per heavy atom. The van der Waals surface area contributed by atoms with Crippen molar-refractivity contribution in [1.82, 2.24) is 4.90 Å². The molecule has 1 aliphatic rings. The van der Waals surface area contributed by atoms with Crippen LogP contribution in [-0.2, 0) is 0 Å². The van der Waals surface area contributed by atoms with Gasteiger partial charge in [-0.1, -0.05) is 0 Å². The van der Waals surface area contributed by atoms with Gasteiger partial charge in [-0.15, -0.1) is 0 Å². The molecule has 0 atom stereocenters. The third kappa shape index (κ3) is 4.24. The van der Waals surface area contributed by atoms with Gasteiger partial charge in [0.25, 0.3) is 0 Å². The minimum atomic E-state index is -0.540. The first-order valence-electron chi connectivity index (χ1n) is 6.11. The molecular formula is C12H26N2OS. The minimum Gasteiger partial charge on any atom is -0.390 e. The molecule has 0 aromatic carbocycles. The summed E-state index contributed by atoms with van der Waals surface area (Å²) in [6.07, 6.45) is 5.37. The monoisotopic (exact) mass is 246 g/mol. The van der Waals surface area contributed by atoms with Gasteiger partial charge in [0.05, 0.1) is 5.60 Å². The van der Waals surface area contributed by atoms with Gasteiger partial charge in [-0.05, 0) is 52.5 Å². The van der Waals surface area contributed by atoms with E-state index in [1.165, 1.54) is 12.8 Å². The molecule has 3 nitrogen and oxygen atoms in total. The summed E-state index contributed by atoms with van der Waals surface area (Å²) in [7, 11) is 0. The van der Waals surface area contributed by atoms with Gasteiger partial charge in [-0.25, -0.2) is 0 Å². The third-order valence-electron chi connectivity index (χ3n) is 3.61. The van der Waals surface area contributed by atoms with Gasteiger partial charge in [0.15, 0.2) is 0 Å². The molecule has 0 amide bonds. The third-order valence-corrected chi connectivity index (χ3v) is 5.05. The van der Waals surface area contributed by atoms with Crippen LogP contribution in [0.25, 0.3) is 0 Å². The highest BCUT2D eigenvalue weighted by molar-refractivity contribution is 8.00. The molecule has 0 aromatic heterocycles. The zero-order chi connectivity index (χ0) is 12.2. The van der Waals surface area contributed by atoms with Crippen molar-refractivity contribution in [3.63, 3.8) is 0 Å². The fourth-order valence-corrected chi connectivity index (χ4v) is 2.86. The summed E-state index contributed by atoms with van der Waals surface area (Å²) in [5.74, 6) is 0. The van der Waals surface area contributed by atoms with Gasteiger partial charge < -0.3 is 15.7 Å². The van der Waals surface area contributed by atoms with Crippen molar-refractivity contribution in [1.29, 1.82) is 0 Å². The van der Waals surface area contributed by atoms with Crippen LogP contribution >= 0.6 is 11.8 Å². The second-order valence-corrected chi connectivity index (χ2v) is 6.77. The Balaban J connectivity index is 2.32. The summed E-state index contributed by atoms with van der Waals surface area (Å²) in [6, 6.07) is 0. The van der Waals surface area contributed by atoms with Gasteiger partial charge in [0.2, 0.25) is 0 Å². The van der Waals surface area contributed by atoms with Gasteiger partial charge in [0.1, 0.15) is 0 Å². The van der Waals surface area contributed by atoms with Crippen LogP contribution in [0.3, 0.4) is 0 Å². The molecule has 0 aliphatic carbocycles. The van der Waals surface area contributed by atoms with Crippen LogP contribution < -0.4 is 5.73 Å². The van der Waals surface area contributed by atoms with Crippen molar-refractivity contribution < 1.29 is 5.11 Å². The number of rotatable bonds is 5. The predicted octanol–water partition coefficient (Wildman–Crippen LogP) is 1.30. The van der Waals surface area contributed by atoms with Crippen LogP contribution in [0.15, 0.2) is 0 Å². The topological polar surface area (TPSA) is 49.5 Å². The Hall–Kier alpha value is 0.230. The Morgan fingerprint density at radius 2 is 1.94 bits per heavy atom. The largest absolute Gasteiger partial charge is 0.390 e. The zero-order valence-electron chi connectivity index (χ0n) is 10.8. The van der Waals surface area contributed by atoms with E-state index in [2.05, 4.69) is 11.2 Å². The van der Waals surface area contributed by atoms with E-state index in [-0.39, 0.29) is 0 Å². The lowest BCUT2D eigenvalue weighted by molar-refractivity contribution is 0.0535. The van der Waals surface area contributed by atoms with Crippen molar-refractivity contribution in [2.75, 3.05) is 32.4 Å². The first kappa shape index (κ1) is 14.3. The highest BCUT2D eigenvalue weighted by atomic mass is 32.2. The maximum absolute atomic E-state index is 9.69. The Bertz CT molecular complexity index is 202. The summed E-state index contributed by atoms with van der Waals surface area (Å²) in [5.41, 5.74) is 5.32. The maximum atomic E-state index is 9.69. The molecule has 1 rings (SSSR count). The summed E-state index contributed by atoms with van der Waals surface area (Å²) in [5, 5.41) is 9.69. The summed E-state index contributed by atoms with van der Waals surface area (Å²) < 4.78 is 0.311. The summed E-state index contributed by atoms with van der Waals surface area (Å²) in [6.45, 7) is 7.78. The lowest BCUT2D eigenvalue weighted by Gasteiger charge is -2.40. The van der Waals surface area contributed by atoms with Gasteiger partial charge in [0, 0.05) is 17.8 Å². The van der Waals surface area contributed by atoms with E-state index in [1.54, 1.807) is 0 Å². The molecule has 4 heteroatoms. The van der Waals surface area contributed by atoms with Crippen LogP contribution in [0.1, 0.15) is 33.1 Å². The van der Waals surface area contributed by atoms with Crippen LogP contribution in [0.2, 0.25) is 0 Å². The molecule has 0 spiro atoms. The standard InChI is InChI=1S/C12H26N2OS/c1-11(2,15)4-7-14-8-5-12(10-13,16-3)6-9-14/h15H,4-10,13H2,1-3H3. The number of likely N-dealkylation sites (tertiary alicyclic amines) is 1. The van der Waals surface area contributed by atoms with Crippen LogP contribution in [-0.4, -0.2) is 52.8 Å². The van der Waals surface area contributed by atoms with E-state index in [4.69, 9.17) is 5.73 Å². The number of hydrogen-bond donors (Lipinski definition) is 2. The average molecular weight is 246 g/mol. The molecule has 0 aromatic rings. The lowest BCUT2D eigenvalue weighted by atomic mass is 9.95. The van der Waals surface area contributed by atoms with Crippen molar-refractivity contribution in [2.24, 2.45) is 5.73 Å². The number of aliphatic hydroxyl groups is 1. The number of hydrogen-bond acceptors (Lipinski definition) is 4.